The summed E-state index contributed by atoms with van der Waals surface area (Å²) in [7, 11) is 0. The molecule has 1 aliphatic heterocycles. The average Bonchev–Trinajstić information content (AvgIpc) is 2.93. The van der Waals surface area contributed by atoms with Gasteiger partial charge in [-0.3, -0.25) is 0 Å². The fraction of sp³-hybridized carbons (Fsp3) is 0.588. The molecule has 148 valence electrons. The van der Waals surface area contributed by atoms with Crippen molar-refractivity contribution in [2.24, 2.45) is 0 Å². The lowest BCUT2D eigenvalue weighted by Gasteiger charge is -2.36. The molecule has 2 aromatic heterocycles. The fourth-order valence-corrected chi connectivity index (χ4v) is 3.88. The van der Waals surface area contributed by atoms with E-state index in [2.05, 4.69) is 9.97 Å². The van der Waals surface area contributed by atoms with Gasteiger partial charge in [0.1, 0.15) is 22.6 Å². The van der Waals surface area contributed by atoms with E-state index in [-0.39, 0.29) is 11.0 Å². The van der Waals surface area contributed by atoms with Crippen LogP contribution in [-0.4, -0.2) is 58.9 Å². The van der Waals surface area contributed by atoms with Gasteiger partial charge in [0.2, 0.25) is 0 Å². The number of amides is 1. The van der Waals surface area contributed by atoms with E-state index in [0.29, 0.717) is 42.2 Å². The molecule has 27 heavy (non-hydrogen) atoms. The van der Waals surface area contributed by atoms with Crippen LogP contribution in [0, 0.1) is 0 Å². The van der Waals surface area contributed by atoms with Crippen LogP contribution in [0.1, 0.15) is 25.6 Å². The quantitative estimate of drug-likeness (QED) is 0.764. The summed E-state index contributed by atoms with van der Waals surface area (Å²) in [6, 6.07) is 1.52. The van der Waals surface area contributed by atoms with Gasteiger partial charge in [-0.15, -0.1) is 11.3 Å². The number of hydrogen-bond donors (Lipinski definition) is 0. The molecule has 0 aliphatic carbocycles. The molecule has 6 nitrogen and oxygen atoms in total. The van der Waals surface area contributed by atoms with Crippen molar-refractivity contribution in [3.63, 3.8) is 0 Å². The molecule has 3 heterocycles. The number of nitrogens with zero attached hydrogens (tertiary/aromatic N) is 4. The summed E-state index contributed by atoms with van der Waals surface area (Å²) >= 11 is 1.03. The molecule has 1 aliphatic rings. The maximum absolute atomic E-state index is 12.7. The molecule has 0 N–H and O–H groups in total. The molecular formula is C17H21F3N4O2S. The average molecular weight is 402 g/mol. The standard InChI is InChI=1S/C17H21F3N4O2S/c1-16(2,3)26-15(25)24-6-4-23(5-7-24)13-12-8-11(9-17(18,19)20)27-14(12)22-10-21-13/h8,10H,4-7,9H2,1-3H3. The van der Waals surface area contributed by atoms with Gasteiger partial charge in [0.15, 0.2) is 0 Å². The van der Waals surface area contributed by atoms with Gasteiger partial charge in [-0.2, -0.15) is 13.2 Å². The predicted molar refractivity (Wildman–Crippen MR) is 97.2 cm³/mol. The van der Waals surface area contributed by atoms with Crippen molar-refractivity contribution in [1.29, 1.82) is 0 Å². The number of aromatic nitrogens is 2. The van der Waals surface area contributed by atoms with Gasteiger partial charge in [-0.1, -0.05) is 0 Å². The van der Waals surface area contributed by atoms with Crippen molar-refractivity contribution in [3.8, 4) is 0 Å². The number of halogens is 3. The summed E-state index contributed by atoms with van der Waals surface area (Å²) in [5.74, 6) is 0.605. The number of carbonyl (C=O) groups is 1. The van der Waals surface area contributed by atoms with E-state index in [1.165, 1.54) is 12.4 Å². The zero-order valence-corrected chi connectivity index (χ0v) is 16.2. The van der Waals surface area contributed by atoms with Crippen LogP contribution in [0.4, 0.5) is 23.8 Å². The predicted octanol–water partition coefficient (Wildman–Crippen LogP) is 3.85. The number of anilines is 1. The largest absolute Gasteiger partial charge is 0.444 e. The molecule has 0 bridgehead atoms. The molecule has 0 unspecified atom stereocenters. The number of fused-ring (bicyclic) bond motifs is 1. The molecule has 2 aromatic rings. The first-order valence-corrected chi connectivity index (χ1v) is 9.36. The Morgan fingerprint density at radius 2 is 1.85 bits per heavy atom. The highest BCUT2D eigenvalue weighted by molar-refractivity contribution is 7.18. The maximum atomic E-state index is 12.7. The van der Waals surface area contributed by atoms with Gasteiger partial charge in [0.25, 0.3) is 0 Å². The number of piperazine rings is 1. The van der Waals surface area contributed by atoms with Crippen LogP contribution in [0.3, 0.4) is 0 Å². The fourth-order valence-electron chi connectivity index (χ4n) is 2.86. The summed E-state index contributed by atoms with van der Waals surface area (Å²) < 4.78 is 43.4. The maximum Gasteiger partial charge on any atom is 0.410 e. The summed E-state index contributed by atoms with van der Waals surface area (Å²) in [5.41, 5.74) is -0.557. The second kappa shape index (κ2) is 7.14. The number of hydrogen-bond acceptors (Lipinski definition) is 6. The molecule has 10 heteroatoms. The summed E-state index contributed by atoms with van der Waals surface area (Å²) in [5, 5.41) is 0.618. The van der Waals surface area contributed by atoms with Crippen molar-refractivity contribution in [1.82, 2.24) is 14.9 Å². The molecule has 1 saturated heterocycles. The van der Waals surface area contributed by atoms with Crippen LogP contribution in [0.25, 0.3) is 10.2 Å². The lowest BCUT2D eigenvalue weighted by atomic mass is 10.2. The Hall–Kier alpha value is -2.10. The number of carbonyl (C=O) groups excluding carboxylic acids is 1. The van der Waals surface area contributed by atoms with Crippen molar-refractivity contribution in [3.05, 3.63) is 17.3 Å². The topological polar surface area (TPSA) is 58.6 Å². The van der Waals surface area contributed by atoms with E-state index < -0.39 is 18.2 Å². The first-order chi connectivity index (χ1) is 12.5. The SMILES string of the molecule is CC(C)(C)OC(=O)N1CCN(c2ncnc3sc(CC(F)(F)F)cc23)CC1. The third-order valence-electron chi connectivity index (χ3n) is 3.96. The summed E-state index contributed by atoms with van der Waals surface area (Å²) in [4.78, 5) is 24.9. The minimum atomic E-state index is -4.26. The van der Waals surface area contributed by atoms with Crippen LogP contribution in [0.15, 0.2) is 12.4 Å². The Kier molecular flexibility index (Phi) is 5.20. The first kappa shape index (κ1) is 19.7. The first-order valence-electron chi connectivity index (χ1n) is 8.55. The molecule has 0 radical (unpaired) electrons. The van der Waals surface area contributed by atoms with Crippen LogP contribution in [0.5, 0.6) is 0 Å². The van der Waals surface area contributed by atoms with Gasteiger partial charge >= 0.3 is 12.3 Å². The molecule has 1 amide bonds. The zero-order chi connectivity index (χ0) is 19.8. The lowest BCUT2D eigenvalue weighted by molar-refractivity contribution is -0.126. The van der Waals surface area contributed by atoms with E-state index >= 15 is 0 Å². The highest BCUT2D eigenvalue weighted by Crippen LogP contribution is 2.34. The Balaban J connectivity index is 1.72. The van der Waals surface area contributed by atoms with Gasteiger partial charge in [-0.25, -0.2) is 14.8 Å². The van der Waals surface area contributed by atoms with Gasteiger partial charge in [0.05, 0.1) is 11.8 Å². The minimum Gasteiger partial charge on any atom is -0.444 e. The number of ether oxygens (including phenoxy) is 1. The highest BCUT2D eigenvalue weighted by Gasteiger charge is 2.30. The Morgan fingerprint density at radius 1 is 1.19 bits per heavy atom. The molecule has 0 aromatic carbocycles. The van der Waals surface area contributed by atoms with E-state index in [1.54, 1.807) is 4.90 Å². The Bertz CT molecular complexity index is 824. The minimum absolute atomic E-state index is 0.214. The third kappa shape index (κ3) is 5.00. The smallest absolute Gasteiger partial charge is 0.410 e. The molecular weight excluding hydrogens is 381 g/mol. The zero-order valence-electron chi connectivity index (χ0n) is 15.3. The third-order valence-corrected chi connectivity index (χ3v) is 5.01. The normalized spacial score (nSPS) is 16.1. The monoisotopic (exact) mass is 402 g/mol. The van der Waals surface area contributed by atoms with Crippen molar-refractivity contribution >= 4 is 33.5 Å². The van der Waals surface area contributed by atoms with Crippen LogP contribution < -0.4 is 4.90 Å². The van der Waals surface area contributed by atoms with Crippen LogP contribution in [0.2, 0.25) is 0 Å². The van der Waals surface area contributed by atoms with Crippen molar-refractivity contribution < 1.29 is 22.7 Å². The Morgan fingerprint density at radius 3 is 2.44 bits per heavy atom. The van der Waals surface area contributed by atoms with E-state index in [0.717, 1.165) is 11.3 Å². The van der Waals surface area contributed by atoms with Gasteiger partial charge in [-0.05, 0) is 26.8 Å². The van der Waals surface area contributed by atoms with E-state index in [1.807, 2.05) is 25.7 Å². The van der Waals surface area contributed by atoms with E-state index in [4.69, 9.17) is 4.74 Å². The van der Waals surface area contributed by atoms with Crippen molar-refractivity contribution in [2.45, 2.75) is 39.0 Å². The summed E-state index contributed by atoms with van der Waals surface area (Å²) in [6.07, 6.45) is -4.22. The van der Waals surface area contributed by atoms with Crippen LogP contribution in [-0.2, 0) is 11.2 Å². The highest BCUT2D eigenvalue weighted by atomic mass is 32.1. The number of alkyl halides is 3. The van der Waals surface area contributed by atoms with E-state index in [9.17, 15) is 18.0 Å². The molecule has 0 saturated carbocycles. The van der Waals surface area contributed by atoms with Gasteiger partial charge in [0, 0.05) is 31.1 Å². The van der Waals surface area contributed by atoms with Crippen LogP contribution >= 0.6 is 11.3 Å². The molecule has 1 fully saturated rings. The Labute approximate surface area is 158 Å². The summed E-state index contributed by atoms with van der Waals surface area (Å²) in [6.45, 7) is 7.40. The second-order valence-electron chi connectivity index (χ2n) is 7.38. The molecule has 0 atom stereocenters. The number of rotatable bonds is 2. The lowest BCUT2D eigenvalue weighted by Crippen LogP contribution is -2.50. The second-order valence-corrected chi connectivity index (χ2v) is 8.49. The van der Waals surface area contributed by atoms with Gasteiger partial charge < -0.3 is 14.5 Å². The molecule has 0 spiro atoms. The van der Waals surface area contributed by atoms with Crippen molar-refractivity contribution in [2.75, 3.05) is 31.1 Å². The number of thiophene rings is 1. The molecule has 3 rings (SSSR count).